The van der Waals surface area contributed by atoms with Crippen LogP contribution in [0.5, 0.6) is 0 Å². The number of hydrogen-bond acceptors (Lipinski definition) is 5. The van der Waals surface area contributed by atoms with E-state index in [1.165, 1.54) is 32.2 Å². The number of nitrogens with zero attached hydrogens (tertiary/aromatic N) is 2. The summed E-state index contributed by atoms with van der Waals surface area (Å²) in [6.45, 7) is 0. The Kier molecular flexibility index (Phi) is 6.18. The maximum atomic E-state index is 9.66. The van der Waals surface area contributed by atoms with Gasteiger partial charge in [0.15, 0.2) is 0 Å². The summed E-state index contributed by atoms with van der Waals surface area (Å²) in [5.41, 5.74) is 6.65. The maximum absolute atomic E-state index is 9.66. The van der Waals surface area contributed by atoms with Gasteiger partial charge < -0.3 is 9.88 Å². The van der Waals surface area contributed by atoms with E-state index in [1.54, 1.807) is 11.3 Å². The third-order valence-electron chi connectivity index (χ3n) is 11.1. The lowest BCUT2D eigenvalue weighted by molar-refractivity contribution is 0.409. The van der Waals surface area contributed by atoms with Crippen molar-refractivity contribution < 1.29 is 8.22 Å². The highest BCUT2D eigenvalue weighted by molar-refractivity contribution is 7.26. The molecule has 2 atom stereocenters. The fourth-order valence-corrected chi connectivity index (χ4v) is 10.7. The van der Waals surface area contributed by atoms with Crippen LogP contribution in [0.25, 0.3) is 79.0 Å². The number of fused-ring (bicyclic) bond motifs is 9. The van der Waals surface area contributed by atoms with E-state index in [0.29, 0.717) is 31.3 Å². The van der Waals surface area contributed by atoms with Gasteiger partial charge in [0.2, 0.25) is 0 Å². The molecule has 0 spiro atoms. The van der Waals surface area contributed by atoms with Gasteiger partial charge in [-0.05, 0) is 53.6 Å². The Morgan fingerprint density at radius 3 is 2.11 bits per heavy atom. The van der Waals surface area contributed by atoms with E-state index in [4.69, 9.17) is 9.10 Å². The number of benzene rings is 8. The molecule has 1 aliphatic rings. The predicted molar refractivity (Wildman–Crippen MR) is 243 cm³/mol. The zero-order valence-electron chi connectivity index (χ0n) is 36.2. The second-order valence-corrected chi connectivity index (χ2v) is 16.4. The molecule has 6 heteroatoms. The molecule has 0 saturated carbocycles. The van der Waals surface area contributed by atoms with E-state index in [2.05, 4.69) is 112 Å². The SMILES string of the molecule is [2H]c1cc([2H])c2sc3c(-c4cc(C5N=C(c6cccc7sc8ccccc8c67)NC(c6ccccc6)N5)ccc4-n4c5ccccc5c5ccccc54)c([2H])c([2H])c([2H])c3c2c1[2H]. The average Bonchev–Trinajstić information content (AvgIpc) is 4.01. The molecule has 2 unspecified atom stereocenters. The van der Waals surface area contributed by atoms with E-state index in [1.807, 2.05) is 42.5 Å². The van der Waals surface area contributed by atoms with Crippen LogP contribution in [-0.2, 0) is 0 Å². The van der Waals surface area contributed by atoms with Crippen molar-refractivity contribution in [1.82, 2.24) is 15.2 Å². The van der Waals surface area contributed by atoms with Crippen LogP contribution in [0.1, 0.15) is 37.2 Å². The van der Waals surface area contributed by atoms with Gasteiger partial charge in [-0.25, -0.2) is 4.99 Å². The molecular weight excluding hydrogens is 733 g/mol. The minimum absolute atomic E-state index is 0.0770. The highest BCUT2D eigenvalue weighted by atomic mass is 32.1. The molecule has 57 heavy (non-hydrogen) atoms. The molecular formula is C51H34N4S2. The number of para-hydroxylation sites is 2. The van der Waals surface area contributed by atoms with Crippen LogP contribution in [0.3, 0.4) is 0 Å². The number of aromatic nitrogens is 1. The standard InChI is InChI=1S/C51H34N4S2/c1-2-14-31(15-3-1)49-52-50(54-51(53-49)39-22-13-27-46-47(39)38-19-7-11-26-45(38)56-46)32-28-29-43(55-41-23-8-4-16-33(41)34-17-5-9-24-42(34)55)40(30-32)37-21-12-20-36-35-18-6-10-25-44(35)57-48(36)37/h1-30,49-50,52H,(H,53,54)/i6D,12D,18D,20D,21D,25D. The Hall–Kier alpha value is -6.57. The molecule has 3 aromatic heterocycles. The number of rotatable bonds is 5. The first-order valence-corrected chi connectivity index (χ1v) is 20.5. The molecule has 8 aromatic carbocycles. The zero-order chi connectivity index (χ0) is 42.7. The second kappa shape index (κ2) is 13.0. The number of nitrogens with one attached hydrogen (secondary N) is 2. The molecule has 0 amide bonds. The molecule has 0 aliphatic carbocycles. The summed E-state index contributed by atoms with van der Waals surface area (Å²) in [4.78, 5) is 5.46. The first-order valence-electron chi connectivity index (χ1n) is 21.9. The summed E-state index contributed by atoms with van der Waals surface area (Å²) in [5.74, 6) is 0.743. The zero-order valence-corrected chi connectivity index (χ0v) is 31.9. The summed E-state index contributed by atoms with van der Waals surface area (Å²) in [5, 5.41) is 12.6. The summed E-state index contributed by atoms with van der Waals surface area (Å²) in [6.07, 6.45) is -0.890. The maximum Gasteiger partial charge on any atom is 0.132 e. The van der Waals surface area contributed by atoms with E-state index < -0.39 is 6.17 Å². The third-order valence-corrected chi connectivity index (χ3v) is 13.3. The minimum atomic E-state index is -0.568. The smallest absolute Gasteiger partial charge is 0.132 e. The van der Waals surface area contributed by atoms with Gasteiger partial charge in [-0.1, -0.05) is 139 Å². The van der Waals surface area contributed by atoms with Gasteiger partial charge in [-0.3, -0.25) is 5.32 Å². The van der Waals surface area contributed by atoms with Crippen LogP contribution in [0.15, 0.2) is 187 Å². The monoisotopic (exact) mass is 772 g/mol. The molecule has 0 saturated heterocycles. The Bertz CT molecular complexity index is 3690. The molecule has 11 aromatic rings. The van der Waals surface area contributed by atoms with Gasteiger partial charge in [0, 0.05) is 67.8 Å². The summed E-state index contributed by atoms with van der Waals surface area (Å²) in [6, 6.07) is 48.4. The lowest BCUT2D eigenvalue weighted by Crippen LogP contribution is -2.45. The van der Waals surface area contributed by atoms with Gasteiger partial charge >= 0.3 is 0 Å². The van der Waals surface area contributed by atoms with Crippen LogP contribution in [0.4, 0.5) is 0 Å². The van der Waals surface area contributed by atoms with Crippen LogP contribution in [0.2, 0.25) is 0 Å². The van der Waals surface area contributed by atoms with Crippen molar-refractivity contribution >= 4 is 90.7 Å². The largest absolute Gasteiger partial charge is 0.350 e. The van der Waals surface area contributed by atoms with Gasteiger partial charge in [0.05, 0.1) is 24.9 Å². The normalized spacial score (nSPS) is 17.4. The van der Waals surface area contributed by atoms with Crippen molar-refractivity contribution in [1.29, 1.82) is 0 Å². The van der Waals surface area contributed by atoms with E-state index in [-0.39, 0.29) is 42.4 Å². The molecule has 270 valence electrons. The lowest BCUT2D eigenvalue weighted by Gasteiger charge is -2.32. The highest BCUT2D eigenvalue weighted by Gasteiger charge is 2.28. The van der Waals surface area contributed by atoms with Gasteiger partial charge in [-0.2, -0.15) is 0 Å². The molecule has 1 aliphatic heterocycles. The minimum Gasteiger partial charge on any atom is -0.350 e. The van der Waals surface area contributed by atoms with E-state index in [0.717, 1.165) is 55.4 Å². The average molecular weight is 773 g/mol. The van der Waals surface area contributed by atoms with Crippen LogP contribution in [-0.4, -0.2) is 10.4 Å². The van der Waals surface area contributed by atoms with Crippen LogP contribution in [0, 0.1) is 0 Å². The summed E-state index contributed by atoms with van der Waals surface area (Å²) < 4.78 is 60.0. The molecule has 0 fully saturated rings. The van der Waals surface area contributed by atoms with E-state index >= 15 is 0 Å². The number of hydrogen-bond donors (Lipinski definition) is 2. The molecule has 2 N–H and O–H groups in total. The molecule has 0 bridgehead atoms. The van der Waals surface area contributed by atoms with Crippen molar-refractivity contribution in [3.05, 3.63) is 199 Å². The number of thiophene rings is 2. The van der Waals surface area contributed by atoms with Gasteiger partial charge in [0.1, 0.15) is 18.2 Å². The molecule has 12 rings (SSSR count). The Labute approximate surface area is 345 Å². The van der Waals surface area contributed by atoms with Crippen LogP contribution >= 0.6 is 22.7 Å². The van der Waals surface area contributed by atoms with Crippen molar-refractivity contribution in [3.63, 3.8) is 0 Å². The molecule has 4 heterocycles. The summed E-state index contributed by atoms with van der Waals surface area (Å²) in [7, 11) is 0. The summed E-state index contributed by atoms with van der Waals surface area (Å²) >= 11 is 3.01. The predicted octanol–water partition coefficient (Wildman–Crippen LogP) is 13.5. The number of aliphatic imine (C=N–C) groups is 1. The number of amidine groups is 1. The lowest BCUT2D eigenvalue weighted by atomic mass is 9.97. The fourth-order valence-electron chi connectivity index (χ4n) is 8.52. The van der Waals surface area contributed by atoms with Crippen LogP contribution < -0.4 is 10.6 Å². The van der Waals surface area contributed by atoms with Gasteiger partial charge in [0.25, 0.3) is 0 Å². The third kappa shape index (κ3) is 5.19. The fraction of sp³-hybridized carbons (Fsp3) is 0.0392. The van der Waals surface area contributed by atoms with Crippen molar-refractivity contribution in [2.75, 3.05) is 0 Å². The second-order valence-electron chi connectivity index (χ2n) is 14.3. The van der Waals surface area contributed by atoms with Crippen molar-refractivity contribution in [2.45, 2.75) is 12.3 Å². The molecule has 0 radical (unpaired) electrons. The van der Waals surface area contributed by atoms with Crippen molar-refractivity contribution in [2.24, 2.45) is 4.99 Å². The van der Waals surface area contributed by atoms with E-state index in [9.17, 15) is 4.11 Å². The first kappa shape index (κ1) is 27.1. The quantitative estimate of drug-likeness (QED) is 0.183. The Balaban J connectivity index is 1.16. The first-order chi connectivity index (χ1) is 30.7. The molecule has 4 nitrogen and oxygen atoms in total. The Morgan fingerprint density at radius 2 is 1.26 bits per heavy atom. The topological polar surface area (TPSA) is 41.4 Å². The van der Waals surface area contributed by atoms with Crippen molar-refractivity contribution in [3.8, 4) is 16.8 Å². The Morgan fingerprint density at radius 1 is 0.526 bits per heavy atom. The van der Waals surface area contributed by atoms with Gasteiger partial charge in [-0.15, -0.1) is 22.7 Å². The highest BCUT2D eigenvalue weighted by Crippen LogP contribution is 2.44.